The van der Waals surface area contributed by atoms with Crippen molar-refractivity contribution < 1.29 is 9.42 Å². The monoisotopic (exact) mass is 340 g/mol. The van der Waals surface area contributed by atoms with E-state index in [9.17, 15) is 4.79 Å². The summed E-state index contributed by atoms with van der Waals surface area (Å²) in [7, 11) is 0. The van der Waals surface area contributed by atoms with Gasteiger partial charge in [0.05, 0.1) is 6.33 Å². The van der Waals surface area contributed by atoms with Gasteiger partial charge in [0.25, 0.3) is 5.91 Å². The molecule has 1 aromatic carbocycles. The Labute approximate surface area is 144 Å². The predicted octanol–water partition coefficient (Wildman–Crippen LogP) is 1.51. The Bertz CT molecular complexity index is 886. The first kappa shape index (κ1) is 15.8. The summed E-state index contributed by atoms with van der Waals surface area (Å²) in [6, 6.07) is 5.93. The number of aromatic nitrogens is 4. The molecule has 8 heteroatoms. The molecule has 0 aliphatic carbocycles. The minimum atomic E-state index is -0.115. The van der Waals surface area contributed by atoms with Crippen molar-refractivity contribution in [1.82, 2.24) is 30.5 Å². The molecule has 2 aromatic heterocycles. The number of amides is 1. The molecule has 1 aliphatic heterocycles. The molecule has 1 aliphatic rings. The minimum absolute atomic E-state index is 0.115. The number of aromatic amines is 1. The van der Waals surface area contributed by atoms with Crippen LogP contribution in [0.2, 0.25) is 0 Å². The molecule has 3 heterocycles. The van der Waals surface area contributed by atoms with E-state index in [4.69, 9.17) is 4.63 Å². The third-order valence-electron chi connectivity index (χ3n) is 4.73. The fraction of sp³-hybridized carbons (Fsp3) is 0.412. The SMILES string of the molecule is Cc1[nH]cnc1C(=O)NCC1CCN(Cc2cccc3nonc23)C1. The van der Waals surface area contributed by atoms with E-state index >= 15 is 0 Å². The molecule has 1 saturated heterocycles. The van der Waals surface area contributed by atoms with Crippen LogP contribution in [0.15, 0.2) is 29.2 Å². The van der Waals surface area contributed by atoms with E-state index < -0.39 is 0 Å². The van der Waals surface area contributed by atoms with Crippen molar-refractivity contribution in [3.8, 4) is 0 Å². The number of carbonyl (C=O) groups is 1. The molecular weight excluding hydrogens is 320 g/mol. The number of imidazole rings is 1. The zero-order valence-corrected chi connectivity index (χ0v) is 14.0. The number of likely N-dealkylation sites (tertiary alicyclic amines) is 1. The summed E-state index contributed by atoms with van der Waals surface area (Å²) in [5, 5.41) is 10.9. The van der Waals surface area contributed by atoms with Crippen LogP contribution in [0.1, 0.15) is 28.2 Å². The molecule has 1 unspecified atom stereocenters. The predicted molar refractivity (Wildman–Crippen MR) is 90.8 cm³/mol. The molecule has 0 spiro atoms. The first-order valence-corrected chi connectivity index (χ1v) is 8.41. The zero-order chi connectivity index (χ0) is 17.2. The summed E-state index contributed by atoms with van der Waals surface area (Å²) in [4.78, 5) is 21.5. The highest BCUT2D eigenvalue weighted by Gasteiger charge is 2.24. The summed E-state index contributed by atoms with van der Waals surface area (Å²) in [6.45, 7) is 5.27. The van der Waals surface area contributed by atoms with Crippen LogP contribution in [0.3, 0.4) is 0 Å². The molecule has 8 nitrogen and oxygen atoms in total. The number of rotatable bonds is 5. The van der Waals surface area contributed by atoms with E-state index in [-0.39, 0.29) is 5.91 Å². The fourth-order valence-electron chi connectivity index (χ4n) is 3.36. The lowest BCUT2D eigenvalue weighted by molar-refractivity contribution is 0.0942. The highest BCUT2D eigenvalue weighted by molar-refractivity contribution is 5.93. The van der Waals surface area contributed by atoms with Crippen molar-refractivity contribution in [1.29, 1.82) is 0 Å². The maximum atomic E-state index is 12.1. The first-order chi connectivity index (χ1) is 12.2. The van der Waals surface area contributed by atoms with Crippen LogP contribution < -0.4 is 5.32 Å². The Morgan fingerprint density at radius 2 is 2.36 bits per heavy atom. The molecule has 0 bridgehead atoms. The third-order valence-corrected chi connectivity index (χ3v) is 4.73. The summed E-state index contributed by atoms with van der Waals surface area (Å²) in [6.07, 6.45) is 2.60. The van der Waals surface area contributed by atoms with Gasteiger partial charge < -0.3 is 10.3 Å². The van der Waals surface area contributed by atoms with E-state index in [0.29, 0.717) is 18.2 Å². The van der Waals surface area contributed by atoms with Gasteiger partial charge in [0.15, 0.2) is 0 Å². The smallest absolute Gasteiger partial charge is 0.271 e. The quantitative estimate of drug-likeness (QED) is 0.730. The van der Waals surface area contributed by atoms with E-state index in [1.165, 1.54) is 0 Å². The number of fused-ring (bicyclic) bond motifs is 1. The molecule has 2 N–H and O–H groups in total. The zero-order valence-electron chi connectivity index (χ0n) is 14.0. The summed E-state index contributed by atoms with van der Waals surface area (Å²) in [5.74, 6) is 0.327. The molecule has 1 atom stereocenters. The number of hydrogen-bond acceptors (Lipinski definition) is 6. The van der Waals surface area contributed by atoms with E-state index in [1.54, 1.807) is 6.33 Å². The molecule has 130 valence electrons. The van der Waals surface area contributed by atoms with Gasteiger partial charge in [-0.2, -0.15) is 0 Å². The molecule has 1 amide bonds. The maximum Gasteiger partial charge on any atom is 0.271 e. The van der Waals surface area contributed by atoms with Gasteiger partial charge in [-0.3, -0.25) is 9.69 Å². The second-order valence-electron chi connectivity index (χ2n) is 6.53. The van der Waals surface area contributed by atoms with Gasteiger partial charge in [0.1, 0.15) is 16.7 Å². The summed E-state index contributed by atoms with van der Waals surface area (Å²) in [5.41, 5.74) is 4.00. The Morgan fingerprint density at radius 3 is 3.20 bits per heavy atom. The standard InChI is InChI=1S/C17H20N6O2/c1-11-15(20-10-19-11)17(24)18-7-12-5-6-23(8-12)9-13-3-2-4-14-16(13)22-25-21-14/h2-4,10,12H,5-9H2,1H3,(H,18,24)(H,19,20). The Hall–Kier alpha value is -2.74. The average molecular weight is 340 g/mol. The minimum Gasteiger partial charge on any atom is -0.350 e. The number of nitrogens with one attached hydrogen (secondary N) is 2. The number of hydrogen-bond donors (Lipinski definition) is 2. The van der Waals surface area contributed by atoms with Crippen molar-refractivity contribution in [2.75, 3.05) is 19.6 Å². The van der Waals surface area contributed by atoms with Gasteiger partial charge >= 0.3 is 0 Å². The van der Waals surface area contributed by atoms with E-state index in [0.717, 1.165) is 48.3 Å². The van der Waals surface area contributed by atoms with Gasteiger partial charge in [-0.25, -0.2) is 9.61 Å². The Kier molecular flexibility index (Phi) is 4.19. The van der Waals surface area contributed by atoms with Crippen molar-refractivity contribution in [3.63, 3.8) is 0 Å². The highest BCUT2D eigenvalue weighted by Crippen LogP contribution is 2.21. The molecule has 0 saturated carbocycles. The Morgan fingerprint density at radius 1 is 1.44 bits per heavy atom. The van der Waals surface area contributed by atoms with Crippen LogP contribution in [0.4, 0.5) is 0 Å². The van der Waals surface area contributed by atoms with Crippen molar-refractivity contribution in [2.45, 2.75) is 19.9 Å². The van der Waals surface area contributed by atoms with Crippen molar-refractivity contribution in [3.05, 3.63) is 41.5 Å². The number of nitrogens with zero attached hydrogens (tertiary/aromatic N) is 4. The van der Waals surface area contributed by atoms with Crippen LogP contribution in [0.5, 0.6) is 0 Å². The summed E-state index contributed by atoms with van der Waals surface area (Å²) >= 11 is 0. The first-order valence-electron chi connectivity index (χ1n) is 8.41. The highest BCUT2D eigenvalue weighted by atomic mass is 16.6. The molecule has 3 aromatic rings. The van der Waals surface area contributed by atoms with Gasteiger partial charge in [-0.1, -0.05) is 12.1 Å². The van der Waals surface area contributed by atoms with Gasteiger partial charge in [0, 0.05) is 25.3 Å². The van der Waals surface area contributed by atoms with Crippen molar-refractivity contribution >= 4 is 16.9 Å². The van der Waals surface area contributed by atoms with Gasteiger partial charge in [-0.05, 0) is 47.8 Å². The number of benzene rings is 1. The molecule has 4 rings (SSSR count). The average Bonchev–Trinajstić information content (AvgIpc) is 3.33. The van der Waals surface area contributed by atoms with E-state index in [2.05, 4.69) is 36.6 Å². The topological polar surface area (TPSA) is 99.9 Å². The lowest BCUT2D eigenvalue weighted by Crippen LogP contribution is -2.31. The van der Waals surface area contributed by atoms with Gasteiger partial charge in [-0.15, -0.1) is 0 Å². The Balaban J connectivity index is 1.32. The van der Waals surface area contributed by atoms with Crippen LogP contribution in [-0.4, -0.2) is 50.7 Å². The lowest BCUT2D eigenvalue weighted by atomic mass is 10.1. The lowest BCUT2D eigenvalue weighted by Gasteiger charge is -2.16. The van der Waals surface area contributed by atoms with Crippen LogP contribution in [0.25, 0.3) is 11.0 Å². The van der Waals surface area contributed by atoms with Crippen LogP contribution in [0, 0.1) is 12.8 Å². The van der Waals surface area contributed by atoms with Crippen LogP contribution in [-0.2, 0) is 6.54 Å². The van der Waals surface area contributed by atoms with Gasteiger partial charge in [0.2, 0.25) is 0 Å². The maximum absolute atomic E-state index is 12.1. The second-order valence-corrected chi connectivity index (χ2v) is 6.53. The van der Waals surface area contributed by atoms with Crippen LogP contribution >= 0.6 is 0 Å². The summed E-state index contributed by atoms with van der Waals surface area (Å²) < 4.78 is 4.83. The molecule has 0 radical (unpaired) electrons. The normalized spacial score (nSPS) is 18.0. The number of aryl methyl sites for hydroxylation is 1. The second kappa shape index (κ2) is 6.64. The van der Waals surface area contributed by atoms with E-state index in [1.807, 2.05) is 19.1 Å². The number of H-pyrrole nitrogens is 1. The molecular formula is C17H20N6O2. The largest absolute Gasteiger partial charge is 0.350 e. The fourth-order valence-corrected chi connectivity index (χ4v) is 3.36. The number of carbonyl (C=O) groups excluding carboxylic acids is 1. The third kappa shape index (κ3) is 3.25. The molecule has 25 heavy (non-hydrogen) atoms. The molecule has 1 fully saturated rings. The van der Waals surface area contributed by atoms with Crippen molar-refractivity contribution in [2.24, 2.45) is 5.92 Å².